The summed E-state index contributed by atoms with van der Waals surface area (Å²) in [6.07, 6.45) is 4.07. The first-order valence-corrected chi connectivity index (χ1v) is 8.30. The van der Waals surface area contributed by atoms with E-state index < -0.39 is 0 Å². The number of nitrogens with zero attached hydrogens (tertiary/aromatic N) is 3. The molecule has 0 amide bonds. The maximum absolute atomic E-state index is 5.80. The Hall–Kier alpha value is -2.05. The van der Waals surface area contributed by atoms with Gasteiger partial charge in [-0.15, -0.1) is 11.3 Å². The highest BCUT2D eigenvalue weighted by atomic mass is 32.2. The van der Waals surface area contributed by atoms with Crippen LogP contribution in [0.25, 0.3) is 15.9 Å². The lowest BCUT2D eigenvalue weighted by Crippen LogP contribution is -1.81. The summed E-state index contributed by atoms with van der Waals surface area (Å²) in [5.41, 5.74) is 9.62. The summed E-state index contributed by atoms with van der Waals surface area (Å²) in [6.45, 7) is 0. The van der Waals surface area contributed by atoms with Crippen LogP contribution in [0.3, 0.4) is 0 Å². The molecule has 0 aliphatic heterocycles. The Balaban J connectivity index is 1.57. The number of rotatable bonds is 3. The second-order valence-electron chi connectivity index (χ2n) is 4.69. The fourth-order valence-electron chi connectivity index (χ4n) is 2.17. The van der Waals surface area contributed by atoms with Crippen LogP contribution in [0.5, 0.6) is 0 Å². The van der Waals surface area contributed by atoms with E-state index in [0.717, 1.165) is 37.3 Å². The van der Waals surface area contributed by atoms with Gasteiger partial charge in [-0.25, -0.2) is 9.97 Å². The lowest BCUT2D eigenvalue weighted by atomic mass is 10.3. The molecule has 0 fully saturated rings. The smallest absolute Gasteiger partial charge is 0.151 e. The number of imidazole rings is 1. The number of fused-ring (bicyclic) bond motifs is 2. The number of benzene rings is 1. The molecule has 0 radical (unpaired) electrons. The number of hydrogen-bond acceptors (Lipinski definition) is 5. The molecule has 0 saturated carbocycles. The van der Waals surface area contributed by atoms with Crippen molar-refractivity contribution in [1.29, 1.82) is 0 Å². The molecule has 2 N–H and O–H groups in total. The van der Waals surface area contributed by atoms with Crippen LogP contribution in [0.4, 0.5) is 5.69 Å². The van der Waals surface area contributed by atoms with Crippen molar-refractivity contribution in [1.82, 2.24) is 14.4 Å². The first kappa shape index (κ1) is 12.7. The zero-order valence-corrected chi connectivity index (χ0v) is 12.7. The van der Waals surface area contributed by atoms with E-state index >= 15 is 0 Å². The van der Waals surface area contributed by atoms with Crippen molar-refractivity contribution in [3.63, 3.8) is 0 Å². The van der Waals surface area contributed by atoms with Crippen molar-refractivity contribution in [2.75, 3.05) is 5.73 Å². The predicted octanol–water partition coefficient (Wildman–Crippen LogP) is 3.82. The third kappa shape index (κ3) is 2.48. The molecule has 0 saturated heterocycles. The number of nitrogen functional groups attached to an aromatic ring is 1. The minimum absolute atomic E-state index is 0.781. The zero-order valence-electron chi connectivity index (χ0n) is 11.1. The Morgan fingerprint density at radius 2 is 2.14 bits per heavy atom. The van der Waals surface area contributed by atoms with E-state index in [-0.39, 0.29) is 0 Å². The molecular weight excluding hydrogens is 300 g/mol. The normalized spacial score (nSPS) is 11.4. The van der Waals surface area contributed by atoms with Gasteiger partial charge in [0.15, 0.2) is 4.34 Å². The van der Waals surface area contributed by atoms with Crippen LogP contribution < -0.4 is 5.73 Å². The van der Waals surface area contributed by atoms with Crippen LogP contribution in [0.2, 0.25) is 0 Å². The predicted molar refractivity (Wildman–Crippen MR) is 88.8 cm³/mol. The third-order valence-electron chi connectivity index (χ3n) is 3.15. The molecule has 0 spiro atoms. The molecule has 4 nitrogen and oxygen atoms in total. The quantitative estimate of drug-likeness (QED) is 0.461. The van der Waals surface area contributed by atoms with Gasteiger partial charge in [0.1, 0.15) is 5.65 Å². The molecule has 4 rings (SSSR count). The van der Waals surface area contributed by atoms with E-state index in [1.54, 1.807) is 23.1 Å². The van der Waals surface area contributed by atoms with E-state index in [1.165, 1.54) is 0 Å². The fourth-order valence-corrected chi connectivity index (χ4v) is 4.17. The maximum atomic E-state index is 5.80. The van der Waals surface area contributed by atoms with Crippen LogP contribution in [0, 0.1) is 0 Å². The van der Waals surface area contributed by atoms with Crippen molar-refractivity contribution in [3.8, 4) is 0 Å². The van der Waals surface area contributed by atoms with Gasteiger partial charge in [0.05, 0.1) is 15.9 Å². The second kappa shape index (κ2) is 5.05. The number of pyridine rings is 1. The minimum atomic E-state index is 0.781. The van der Waals surface area contributed by atoms with Gasteiger partial charge in [-0.3, -0.25) is 0 Å². The largest absolute Gasteiger partial charge is 0.399 e. The van der Waals surface area contributed by atoms with Gasteiger partial charge < -0.3 is 10.1 Å². The summed E-state index contributed by atoms with van der Waals surface area (Å²) in [4.78, 5) is 9.21. The fraction of sp³-hybridized carbons (Fsp3) is 0.0667. The molecule has 6 heteroatoms. The van der Waals surface area contributed by atoms with Gasteiger partial charge in [-0.2, -0.15) is 0 Å². The molecule has 3 heterocycles. The van der Waals surface area contributed by atoms with Gasteiger partial charge in [-0.05, 0) is 30.3 Å². The van der Waals surface area contributed by atoms with Crippen LogP contribution in [-0.4, -0.2) is 14.4 Å². The van der Waals surface area contributed by atoms with Crippen molar-refractivity contribution in [3.05, 3.63) is 54.5 Å². The van der Waals surface area contributed by atoms with E-state index in [0.29, 0.717) is 0 Å². The minimum Gasteiger partial charge on any atom is -0.399 e. The standard InChI is InChI=1S/C15H12N4S2/c16-10-4-5-12-13(7-10)21-15(18-12)20-9-11-8-19-6-2-1-3-14(19)17-11/h1-8H,9,16H2. The Labute approximate surface area is 129 Å². The monoisotopic (exact) mass is 312 g/mol. The number of nitrogens with two attached hydrogens (primary N) is 1. The summed E-state index contributed by atoms with van der Waals surface area (Å²) in [6, 6.07) is 11.8. The summed E-state index contributed by atoms with van der Waals surface area (Å²) in [5, 5.41) is 0. The zero-order chi connectivity index (χ0) is 14.2. The average Bonchev–Trinajstić information content (AvgIpc) is 3.07. The highest BCUT2D eigenvalue weighted by molar-refractivity contribution is 8.00. The maximum Gasteiger partial charge on any atom is 0.151 e. The van der Waals surface area contributed by atoms with Crippen LogP contribution >= 0.6 is 23.1 Å². The van der Waals surface area contributed by atoms with Crippen molar-refractivity contribution >= 4 is 44.6 Å². The van der Waals surface area contributed by atoms with Crippen molar-refractivity contribution < 1.29 is 0 Å². The number of anilines is 1. The van der Waals surface area contributed by atoms with E-state index in [4.69, 9.17) is 5.73 Å². The average molecular weight is 312 g/mol. The first-order chi connectivity index (χ1) is 10.3. The Morgan fingerprint density at radius 1 is 1.19 bits per heavy atom. The van der Waals surface area contributed by atoms with E-state index in [1.807, 2.05) is 47.0 Å². The summed E-state index contributed by atoms with van der Waals surface area (Å²) in [7, 11) is 0. The molecule has 1 aromatic carbocycles. The molecule has 0 aliphatic carbocycles. The number of thioether (sulfide) groups is 1. The Morgan fingerprint density at radius 3 is 3.05 bits per heavy atom. The third-order valence-corrected chi connectivity index (χ3v) is 5.34. The molecule has 21 heavy (non-hydrogen) atoms. The summed E-state index contributed by atoms with van der Waals surface area (Å²) in [5.74, 6) is 0.816. The molecule has 0 aliphatic rings. The molecule has 4 aromatic rings. The van der Waals surface area contributed by atoms with Crippen LogP contribution in [0.15, 0.2) is 53.1 Å². The number of thiazole rings is 1. The topological polar surface area (TPSA) is 56.2 Å². The van der Waals surface area contributed by atoms with Crippen molar-refractivity contribution in [2.24, 2.45) is 0 Å². The lowest BCUT2D eigenvalue weighted by molar-refractivity contribution is 1.18. The van der Waals surface area contributed by atoms with Gasteiger partial charge in [0.2, 0.25) is 0 Å². The Kier molecular flexibility index (Phi) is 3.05. The molecule has 0 unspecified atom stereocenters. The number of hydrogen-bond donors (Lipinski definition) is 1. The molecule has 104 valence electrons. The Bertz CT molecular complexity index is 893. The van der Waals surface area contributed by atoms with Gasteiger partial charge in [0, 0.05) is 23.8 Å². The SMILES string of the molecule is Nc1ccc2nc(SCc3cn4ccccc4n3)sc2c1. The molecular formula is C15H12N4S2. The highest BCUT2D eigenvalue weighted by Gasteiger charge is 2.07. The van der Waals surface area contributed by atoms with E-state index in [9.17, 15) is 0 Å². The van der Waals surface area contributed by atoms with Gasteiger partial charge >= 0.3 is 0 Å². The summed E-state index contributed by atoms with van der Waals surface area (Å²) >= 11 is 3.39. The van der Waals surface area contributed by atoms with Crippen LogP contribution in [-0.2, 0) is 5.75 Å². The second-order valence-corrected chi connectivity index (χ2v) is 6.95. The first-order valence-electron chi connectivity index (χ1n) is 6.49. The van der Waals surface area contributed by atoms with E-state index in [2.05, 4.69) is 16.2 Å². The van der Waals surface area contributed by atoms with Crippen molar-refractivity contribution in [2.45, 2.75) is 10.1 Å². The van der Waals surface area contributed by atoms with Gasteiger partial charge in [-0.1, -0.05) is 17.8 Å². The number of aromatic nitrogens is 3. The molecule has 0 bridgehead atoms. The summed E-state index contributed by atoms with van der Waals surface area (Å²) < 4.78 is 4.22. The molecule has 3 aromatic heterocycles. The van der Waals surface area contributed by atoms with Gasteiger partial charge in [0.25, 0.3) is 0 Å². The molecule has 0 atom stereocenters. The lowest BCUT2D eigenvalue weighted by Gasteiger charge is -1.91. The van der Waals surface area contributed by atoms with Crippen LogP contribution in [0.1, 0.15) is 5.69 Å². The highest BCUT2D eigenvalue weighted by Crippen LogP contribution is 2.32.